The lowest BCUT2D eigenvalue weighted by atomic mass is 10.0. The van der Waals surface area contributed by atoms with E-state index in [2.05, 4.69) is 18.8 Å². The summed E-state index contributed by atoms with van der Waals surface area (Å²) >= 11 is 0. The molecule has 0 atom stereocenters. The maximum absolute atomic E-state index is 11.2. The van der Waals surface area contributed by atoms with Crippen molar-refractivity contribution in [2.45, 2.75) is 33.6 Å². The summed E-state index contributed by atoms with van der Waals surface area (Å²) < 4.78 is 4.82. The minimum Gasteiger partial charge on any atom is -0.462 e. The van der Waals surface area contributed by atoms with Gasteiger partial charge < -0.3 is 4.74 Å². The minimum absolute atomic E-state index is 0.376. The number of hydrogen-bond acceptors (Lipinski definition) is 3. The Morgan fingerprint density at radius 2 is 1.82 bits per heavy atom. The number of aliphatic imine (C=N–C) groups is 1. The first-order valence-electron chi connectivity index (χ1n) is 6.04. The third kappa shape index (κ3) is 3.70. The quantitative estimate of drug-likeness (QED) is 0.579. The number of carbonyl (C=O) groups excluding carboxylic acids is 1. The molecule has 0 N–H and O–H groups in total. The van der Waals surface area contributed by atoms with Gasteiger partial charge in [0.25, 0.3) is 0 Å². The molecule has 0 aliphatic carbocycles. The van der Waals surface area contributed by atoms with E-state index in [-0.39, 0.29) is 5.97 Å². The summed E-state index contributed by atoms with van der Waals surface area (Å²) in [5, 5.41) is 0. The molecule has 1 aromatic rings. The fraction of sp³-hybridized carbons (Fsp3) is 0.429. The predicted molar refractivity (Wildman–Crippen MR) is 70.0 cm³/mol. The van der Waals surface area contributed by atoms with Crippen molar-refractivity contribution in [1.29, 1.82) is 0 Å². The van der Waals surface area contributed by atoms with Crippen LogP contribution in [-0.4, -0.2) is 18.8 Å². The summed E-state index contributed by atoms with van der Waals surface area (Å²) in [6.07, 6.45) is 3.07. The van der Waals surface area contributed by atoms with Crippen molar-refractivity contribution in [3.8, 4) is 0 Å². The zero-order valence-corrected chi connectivity index (χ0v) is 10.7. The third-order valence-corrected chi connectivity index (χ3v) is 2.55. The molecule has 0 radical (unpaired) electrons. The molecule has 3 heteroatoms. The summed E-state index contributed by atoms with van der Waals surface area (Å²) in [5.41, 5.74) is 3.22. The number of ether oxygens (including phenoxy) is 1. The monoisotopic (exact) mass is 233 g/mol. The molecular weight excluding hydrogens is 214 g/mol. The van der Waals surface area contributed by atoms with Crippen molar-refractivity contribution in [2.75, 3.05) is 6.61 Å². The molecule has 3 nitrogen and oxygen atoms in total. The van der Waals surface area contributed by atoms with Crippen molar-refractivity contribution in [2.24, 2.45) is 4.99 Å². The number of rotatable bonds is 5. The number of para-hydroxylation sites is 1. The van der Waals surface area contributed by atoms with Gasteiger partial charge in [0.05, 0.1) is 12.3 Å². The second-order valence-corrected chi connectivity index (χ2v) is 3.64. The normalized spacial score (nSPS) is 10.8. The standard InChI is InChI=1S/C14H19NO2/c1-4-11-8-7-9-12(5-2)14(11)15-10-13(16)17-6-3/h7-10H,4-6H2,1-3H3. The van der Waals surface area contributed by atoms with Gasteiger partial charge in [-0.15, -0.1) is 0 Å². The average Bonchev–Trinajstić information content (AvgIpc) is 2.36. The molecule has 0 aliphatic heterocycles. The van der Waals surface area contributed by atoms with E-state index < -0.39 is 0 Å². The molecule has 0 saturated carbocycles. The van der Waals surface area contributed by atoms with Crippen molar-refractivity contribution in [3.05, 3.63) is 29.3 Å². The van der Waals surface area contributed by atoms with Crippen LogP contribution in [0.25, 0.3) is 0 Å². The first-order chi connectivity index (χ1) is 8.22. The molecule has 0 unspecified atom stereocenters. The van der Waals surface area contributed by atoms with Gasteiger partial charge in [0.1, 0.15) is 6.21 Å². The van der Waals surface area contributed by atoms with Gasteiger partial charge in [0, 0.05) is 0 Å². The van der Waals surface area contributed by atoms with Crippen LogP contribution < -0.4 is 0 Å². The molecule has 0 bridgehead atoms. The number of nitrogens with zero attached hydrogens (tertiary/aromatic N) is 1. The Labute approximate surface area is 103 Å². The second-order valence-electron chi connectivity index (χ2n) is 3.64. The van der Waals surface area contributed by atoms with Crippen molar-refractivity contribution >= 4 is 17.9 Å². The Balaban J connectivity index is 2.99. The molecule has 0 amide bonds. The van der Waals surface area contributed by atoms with Gasteiger partial charge in [0.15, 0.2) is 0 Å². The Kier molecular flexibility index (Phi) is 5.40. The van der Waals surface area contributed by atoms with Gasteiger partial charge >= 0.3 is 5.97 Å². The van der Waals surface area contributed by atoms with E-state index in [0.717, 1.165) is 29.7 Å². The van der Waals surface area contributed by atoms with Crippen LogP contribution in [0, 0.1) is 0 Å². The van der Waals surface area contributed by atoms with Crippen LogP contribution >= 0.6 is 0 Å². The SMILES string of the molecule is CCOC(=O)C=Nc1c(CC)cccc1CC. The smallest absolute Gasteiger partial charge is 0.349 e. The van der Waals surface area contributed by atoms with Crippen LogP contribution in [0.2, 0.25) is 0 Å². The maximum atomic E-state index is 11.2. The Morgan fingerprint density at radius 1 is 1.24 bits per heavy atom. The minimum atomic E-state index is -0.388. The summed E-state index contributed by atoms with van der Waals surface area (Å²) in [4.78, 5) is 15.5. The van der Waals surface area contributed by atoms with Crippen LogP contribution in [0.1, 0.15) is 31.9 Å². The van der Waals surface area contributed by atoms with E-state index in [9.17, 15) is 4.79 Å². The van der Waals surface area contributed by atoms with Gasteiger partial charge in [-0.3, -0.25) is 0 Å². The largest absolute Gasteiger partial charge is 0.462 e. The molecular formula is C14H19NO2. The highest BCUT2D eigenvalue weighted by atomic mass is 16.5. The molecule has 0 aliphatic rings. The van der Waals surface area contributed by atoms with E-state index in [4.69, 9.17) is 4.74 Å². The summed E-state index contributed by atoms with van der Waals surface area (Å²) in [6.45, 7) is 6.32. The van der Waals surface area contributed by atoms with Crippen molar-refractivity contribution < 1.29 is 9.53 Å². The first kappa shape index (κ1) is 13.4. The zero-order chi connectivity index (χ0) is 12.7. The lowest BCUT2D eigenvalue weighted by Crippen LogP contribution is -2.04. The third-order valence-electron chi connectivity index (χ3n) is 2.55. The van der Waals surface area contributed by atoms with Gasteiger partial charge in [-0.25, -0.2) is 9.79 Å². The van der Waals surface area contributed by atoms with E-state index in [1.165, 1.54) is 6.21 Å². The van der Waals surface area contributed by atoms with Crippen molar-refractivity contribution in [1.82, 2.24) is 0 Å². The van der Waals surface area contributed by atoms with Crippen LogP contribution in [0.3, 0.4) is 0 Å². The molecule has 1 rings (SSSR count). The lowest BCUT2D eigenvalue weighted by molar-refractivity contribution is -0.134. The van der Waals surface area contributed by atoms with Gasteiger partial charge in [-0.05, 0) is 30.9 Å². The molecule has 17 heavy (non-hydrogen) atoms. The predicted octanol–water partition coefficient (Wildman–Crippen LogP) is 3.08. The topological polar surface area (TPSA) is 38.7 Å². The molecule has 0 spiro atoms. The molecule has 0 heterocycles. The highest BCUT2D eigenvalue weighted by Crippen LogP contribution is 2.25. The maximum Gasteiger partial charge on any atom is 0.349 e. The Bertz CT molecular complexity index is 388. The molecule has 0 fully saturated rings. The van der Waals surface area contributed by atoms with Crippen LogP contribution in [-0.2, 0) is 22.4 Å². The highest BCUT2D eigenvalue weighted by Gasteiger charge is 2.05. The fourth-order valence-electron chi connectivity index (χ4n) is 1.68. The van der Waals surface area contributed by atoms with E-state index >= 15 is 0 Å². The van der Waals surface area contributed by atoms with Crippen molar-refractivity contribution in [3.63, 3.8) is 0 Å². The second kappa shape index (κ2) is 6.84. The van der Waals surface area contributed by atoms with Gasteiger partial charge in [-0.1, -0.05) is 32.0 Å². The fourth-order valence-corrected chi connectivity index (χ4v) is 1.68. The average molecular weight is 233 g/mol. The summed E-state index contributed by atoms with van der Waals surface area (Å²) in [5.74, 6) is -0.388. The Hall–Kier alpha value is -1.64. The van der Waals surface area contributed by atoms with Crippen LogP contribution in [0.15, 0.2) is 23.2 Å². The van der Waals surface area contributed by atoms with Crippen LogP contribution in [0.4, 0.5) is 5.69 Å². The molecule has 0 aromatic heterocycles. The lowest BCUT2D eigenvalue weighted by Gasteiger charge is -2.07. The molecule has 92 valence electrons. The first-order valence-corrected chi connectivity index (χ1v) is 6.04. The number of aryl methyl sites for hydroxylation is 2. The number of benzene rings is 1. The molecule has 1 aromatic carbocycles. The van der Waals surface area contributed by atoms with E-state index in [0.29, 0.717) is 6.61 Å². The van der Waals surface area contributed by atoms with Gasteiger partial charge in [-0.2, -0.15) is 0 Å². The van der Waals surface area contributed by atoms with Gasteiger partial charge in [0.2, 0.25) is 0 Å². The van der Waals surface area contributed by atoms with E-state index in [1.807, 2.05) is 18.2 Å². The number of hydrogen-bond donors (Lipinski definition) is 0. The number of carbonyl (C=O) groups is 1. The highest BCUT2D eigenvalue weighted by molar-refractivity contribution is 6.23. The summed E-state index contributed by atoms with van der Waals surface area (Å²) in [7, 11) is 0. The zero-order valence-electron chi connectivity index (χ0n) is 10.7. The van der Waals surface area contributed by atoms with Crippen LogP contribution in [0.5, 0.6) is 0 Å². The number of esters is 1. The molecule has 0 saturated heterocycles. The Morgan fingerprint density at radius 3 is 2.29 bits per heavy atom. The summed E-state index contributed by atoms with van der Waals surface area (Å²) in [6, 6.07) is 6.11. The van der Waals surface area contributed by atoms with E-state index in [1.54, 1.807) is 6.92 Å².